The molecule has 0 aliphatic carbocycles. The predicted molar refractivity (Wildman–Crippen MR) is 222 cm³/mol. The van der Waals surface area contributed by atoms with Crippen LogP contribution in [0.3, 0.4) is 0 Å². The van der Waals surface area contributed by atoms with Crippen LogP contribution in [0.25, 0.3) is 71.3 Å². The summed E-state index contributed by atoms with van der Waals surface area (Å²) in [7, 11) is 0. The van der Waals surface area contributed by atoms with Crippen LogP contribution in [-0.4, -0.2) is 10.4 Å². The molecule has 3 heterocycles. The van der Waals surface area contributed by atoms with Gasteiger partial charge in [0.1, 0.15) is 29.3 Å². The largest absolute Gasteiger partial charge is 0.455 e. The Labute approximate surface area is 311 Å². The Hall–Kier alpha value is -6.95. The number of amidine groups is 1. The average molecular weight is 695 g/mol. The highest BCUT2D eigenvalue weighted by atomic mass is 16.3. The van der Waals surface area contributed by atoms with Crippen LogP contribution in [0.1, 0.15) is 29.0 Å². The number of aliphatic imine (C=N–C) groups is 1. The van der Waals surface area contributed by atoms with Crippen LogP contribution in [-0.2, 0) is 0 Å². The van der Waals surface area contributed by atoms with E-state index in [4.69, 9.17) is 9.41 Å². The molecule has 11 rings (SSSR count). The molecular weight excluding hydrogens is 661 g/mol. The Morgan fingerprint density at radius 2 is 1.11 bits per heavy atom. The molecule has 2 aromatic heterocycles. The minimum Gasteiger partial charge on any atom is -0.455 e. The van der Waals surface area contributed by atoms with Crippen molar-refractivity contribution in [2.45, 2.75) is 12.3 Å². The molecule has 54 heavy (non-hydrogen) atoms. The molecule has 10 aromatic rings. The third kappa shape index (κ3) is 4.86. The maximum absolute atomic E-state index is 6.92. The Bertz CT molecular complexity index is 3000. The minimum absolute atomic E-state index is 0.155. The van der Waals surface area contributed by atoms with Crippen molar-refractivity contribution < 1.29 is 4.42 Å². The molecule has 0 saturated carbocycles. The molecule has 1 aliphatic heterocycles. The van der Waals surface area contributed by atoms with Crippen molar-refractivity contribution in [3.8, 4) is 16.8 Å². The van der Waals surface area contributed by atoms with Gasteiger partial charge in [-0.1, -0.05) is 146 Å². The van der Waals surface area contributed by atoms with E-state index in [9.17, 15) is 0 Å². The second-order valence-corrected chi connectivity index (χ2v) is 14.0. The van der Waals surface area contributed by atoms with Crippen LogP contribution < -0.4 is 10.6 Å². The smallest absolute Gasteiger partial charge is 0.146 e. The van der Waals surface area contributed by atoms with E-state index in [1.807, 2.05) is 12.1 Å². The van der Waals surface area contributed by atoms with Crippen LogP contribution in [0.2, 0.25) is 0 Å². The fraction of sp³-hybridized carbons (Fsp3) is 0.0408. The molecule has 256 valence electrons. The molecule has 5 heteroatoms. The molecule has 2 N–H and O–H groups in total. The monoisotopic (exact) mass is 694 g/mol. The Balaban J connectivity index is 1.11. The summed E-state index contributed by atoms with van der Waals surface area (Å²) in [5.74, 6) is 0.790. The average Bonchev–Trinajstić information content (AvgIpc) is 3.81. The van der Waals surface area contributed by atoms with Gasteiger partial charge < -0.3 is 14.3 Å². The number of nitrogens with zero attached hydrogens (tertiary/aromatic N) is 2. The van der Waals surface area contributed by atoms with Gasteiger partial charge >= 0.3 is 0 Å². The zero-order valence-electron chi connectivity index (χ0n) is 29.3. The number of rotatable bonds is 5. The number of aromatic nitrogens is 1. The number of fused-ring (bicyclic) bond motifs is 8. The quantitative estimate of drug-likeness (QED) is 0.189. The topological polar surface area (TPSA) is 54.5 Å². The van der Waals surface area contributed by atoms with E-state index in [0.29, 0.717) is 0 Å². The number of furan rings is 1. The lowest BCUT2D eigenvalue weighted by molar-refractivity contribution is 0.409. The molecule has 2 atom stereocenters. The molecule has 0 amide bonds. The Morgan fingerprint density at radius 3 is 1.83 bits per heavy atom. The number of nitrogens with one attached hydrogen (secondary N) is 2. The summed E-state index contributed by atoms with van der Waals surface area (Å²) in [6, 6.07) is 64.4. The van der Waals surface area contributed by atoms with E-state index in [1.54, 1.807) is 0 Å². The van der Waals surface area contributed by atoms with Crippen LogP contribution in [0.4, 0.5) is 0 Å². The van der Waals surface area contributed by atoms with Gasteiger partial charge in [-0.3, -0.25) is 5.32 Å². The molecule has 0 radical (unpaired) electrons. The van der Waals surface area contributed by atoms with Gasteiger partial charge in [-0.2, -0.15) is 0 Å². The summed E-state index contributed by atoms with van der Waals surface area (Å²) in [6.45, 7) is 0. The number of hydrogen-bond donors (Lipinski definition) is 2. The molecule has 0 saturated heterocycles. The van der Waals surface area contributed by atoms with E-state index in [1.165, 1.54) is 32.6 Å². The summed E-state index contributed by atoms with van der Waals surface area (Å²) in [6.07, 6.45) is -0.404. The minimum atomic E-state index is -0.249. The highest BCUT2D eigenvalue weighted by Crippen LogP contribution is 2.43. The Morgan fingerprint density at radius 1 is 0.500 bits per heavy atom. The van der Waals surface area contributed by atoms with Crippen molar-refractivity contribution >= 4 is 60.4 Å². The maximum atomic E-state index is 6.92. The first-order valence-corrected chi connectivity index (χ1v) is 18.5. The fourth-order valence-electron chi connectivity index (χ4n) is 8.38. The van der Waals surface area contributed by atoms with Gasteiger partial charge in [0, 0.05) is 27.2 Å². The lowest BCUT2D eigenvalue weighted by atomic mass is 9.94. The van der Waals surface area contributed by atoms with E-state index in [2.05, 4.69) is 185 Å². The van der Waals surface area contributed by atoms with Gasteiger partial charge in [0.2, 0.25) is 0 Å². The summed E-state index contributed by atoms with van der Waals surface area (Å²) < 4.78 is 9.28. The number of hydrogen-bond acceptors (Lipinski definition) is 4. The van der Waals surface area contributed by atoms with Crippen LogP contribution in [0.5, 0.6) is 0 Å². The van der Waals surface area contributed by atoms with Crippen molar-refractivity contribution in [3.05, 3.63) is 199 Å². The first kappa shape index (κ1) is 30.7. The van der Waals surface area contributed by atoms with Gasteiger partial charge in [0.15, 0.2) is 0 Å². The fourth-order valence-corrected chi connectivity index (χ4v) is 8.38. The second-order valence-electron chi connectivity index (χ2n) is 14.0. The van der Waals surface area contributed by atoms with Gasteiger partial charge in [-0.15, -0.1) is 0 Å². The van der Waals surface area contributed by atoms with Gasteiger partial charge in [0.25, 0.3) is 0 Å². The highest BCUT2D eigenvalue weighted by Gasteiger charge is 2.28. The van der Waals surface area contributed by atoms with Crippen molar-refractivity contribution in [2.24, 2.45) is 4.99 Å². The van der Waals surface area contributed by atoms with E-state index < -0.39 is 0 Å². The van der Waals surface area contributed by atoms with E-state index in [-0.39, 0.29) is 12.3 Å². The molecule has 0 fully saturated rings. The first-order chi connectivity index (χ1) is 26.8. The molecule has 1 aliphatic rings. The van der Waals surface area contributed by atoms with Crippen molar-refractivity contribution in [1.29, 1.82) is 0 Å². The standard InChI is InChI=1S/C49H34N4O/c1-3-14-33(15-4-1)47-50-48(34-16-5-2-6-17-34)52-49(51-47)40-29-28-37(45-44-36-18-8-7-13-31(36)25-30-43(44)54-46(40)45)32-23-26-35(27-24-32)53-41-21-11-9-19-38(41)39-20-10-12-22-42(39)53/h1-30,47-48,50H,(H,51,52). The lowest BCUT2D eigenvalue weighted by Gasteiger charge is -2.32. The van der Waals surface area contributed by atoms with Gasteiger partial charge in [-0.25, -0.2) is 4.99 Å². The van der Waals surface area contributed by atoms with Crippen molar-refractivity contribution in [3.63, 3.8) is 0 Å². The van der Waals surface area contributed by atoms with Gasteiger partial charge in [0.05, 0.1) is 16.6 Å². The van der Waals surface area contributed by atoms with E-state index in [0.717, 1.165) is 61.3 Å². The summed E-state index contributed by atoms with van der Waals surface area (Å²) in [5, 5.41) is 14.5. The number of para-hydroxylation sites is 2. The molecule has 8 aromatic carbocycles. The zero-order chi connectivity index (χ0) is 35.6. The SMILES string of the molecule is c1ccc(C2N=C(c3ccc(-c4ccc(-n5c6ccccc6c6ccccc65)cc4)c4c3oc3ccc5ccccc5c34)NC(c3ccccc3)N2)cc1. The van der Waals surface area contributed by atoms with Crippen molar-refractivity contribution in [1.82, 2.24) is 15.2 Å². The maximum Gasteiger partial charge on any atom is 0.146 e. The lowest BCUT2D eigenvalue weighted by Crippen LogP contribution is -2.45. The molecule has 5 nitrogen and oxygen atoms in total. The summed E-state index contributed by atoms with van der Waals surface area (Å²) >= 11 is 0. The molecule has 0 bridgehead atoms. The molecule has 2 unspecified atom stereocenters. The molecular formula is C49H34N4O. The summed E-state index contributed by atoms with van der Waals surface area (Å²) in [5.41, 5.74) is 10.6. The van der Waals surface area contributed by atoms with Crippen LogP contribution in [0, 0.1) is 0 Å². The highest BCUT2D eigenvalue weighted by molar-refractivity contribution is 6.26. The van der Waals surface area contributed by atoms with Gasteiger partial charge in [-0.05, 0) is 69.4 Å². The zero-order valence-corrected chi connectivity index (χ0v) is 29.3. The normalized spacial score (nSPS) is 16.0. The van der Waals surface area contributed by atoms with E-state index >= 15 is 0 Å². The number of benzene rings is 8. The third-order valence-corrected chi connectivity index (χ3v) is 10.9. The Kier molecular flexibility index (Phi) is 7.00. The van der Waals surface area contributed by atoms with Crippen LogP contribution >= 0.6 is 0 Å². The molecule has 0 spiro atoms. The summed E-state index contributed by atoms with van der Waals surface area (Å²) in [4.78, 5) is 5.30. The first-order valence-electron chi connectivity index (χ1n) is 18.5. The van der Waals surface area contributed by atoms with Crippen molar-refractivity contribution in [2.75, 3.05) is 0 Å². The third-order valence-electron chi connectivity index (χ3n) is 10.9. The van der Waals surface area contributed by atoms with Crippen LogP contribution in [0.15, 0.2) is 191 Å². The second kappa shape index (κ2) is 12.3. The predicted octanol–water partition coefficient (Wildman–Crippen LogP) is 11.8.